The molecule has 0 atom stereocenters. The largest absolute Gasteiger partial charge is 0.228 e. The summed E-state index contributed by atoms with van der Waals surface area (Å²) in [5.74, 6) is 0.720. The summed E-state index contributed by atoms with van der Waals surface area (Å²) in [7, 11) is 0. The summed E-state index contributed by atoms with van der Waals surface area (Å²) in [6, 6.07) is 61.2. The van der Waals surface area contributed by atoms with Gasteiger partial charge in [0.15, 0.2) is 5.82 Å². The Hall–Kier alpha value is -6.38. The molecule has 0 radical (unpaired) electrons. The summed E-state index contributed by atoms with van der Waals surface area (Å²) in [5, 5.41) is 7.38. The van der Waals surface area contributed by atoms with E-state index in [4.69, 9.17) is 9.97 Å². The highest BCUT2D eigenvalue weighted by Crippen LogP contribution is 2.50. The van der Waals surface area contributed by atoms with Crippen LogP contribution in [0.2, 0.25) is 0 Å². The van der Waals surface area contributed by atoms with E-state index in [1.807, 2.05) is 24.3 Å². The van der Waals surface area contributed by atoms with Crippen LogP contribution in [0.3, 0.4) is 0 Å². The molecule has 2 nitrogen and oxygen atoms in total. The van der Waals surface area contributed by atoms with Gasteiger partial charge in [0, 0.05) is 22.1 Å². The first-order chi connectivity index (χ1) is 25.0. The van der Waals surface area contributed by atoms with Gasteiger partial charge >= 0.3 is 0 Å². The molecule has 240 valence electrons. The first-order valence-corrected chi connectivity index (χ1v) is 17.7. The molecule has 0 spiro atoms. The molecule has 0 fully saturated rings. The van der Waals surface area contributed by atoms with E-state index < -0.39 is 0 Å². The summed E-state index contributed by atoms with van der Waals surface area (Å²) in [6.07, 6.45) is 0. The summed E-state index contributed by atoms with van der Waals surface area (Å²) >= 11 is 0. The molecule has 10 rings (SSSR count). The second kappa shape index (κ2) is 11.3. The number of hydrogen-bond acceptors (Lipinski definition) is 2. The molecule has 8 aromatic carbocycles. The van der Waals surface area contributed by atoms with Gasteiger partial charge in [0.25, 0.3) is 0 Å². The summed E-state index contributed by atoms with van der Waals surface area (Å²) in [4.78, 5) is 10.3. The van der Waals surface area contributed by atoms with Gasteiger partial charge in [0.05, 0.1) is 11.4 Å². The highest BCUT2D eigenvalue weighted by molar-refractivity contribution is 6.28. The normalized spacial score (nSPS) is 13.1. The average Bonchev–Trinajstić information content (AvgIpc) is 3.43. The van der Waals surface area contributed by atoms with Gasteiger partial charge in [0.1, 0.15) is 0 Å². The molecule has 0 N–H and O–H groups in total. The van der Waals surface area contributed by atoms with E-state index in [1.54, 1.807) is 0 Å². The fourth-order valence-corrected chi connectivity index (χ4v) is 8.36. The van der Waals surface area contributed by atoms with Gasteiger partial charge in [-0.2, -0.15) is 0 Å². The van der Waals surface area contributed by atoms with E-state index in [2.05, 4.69) is 159 Å². The van der Waals surface area contributed by atoms with Gasteiger partial charge in [-0.05, 0) is 83.9 Å². The van der Waals surface area contributed by atoms with Crippen molar-refractivity contribution < 1.29 is 0 Å². The summed E-state index contributed by atoms with van der Waals surface area (Å²) in [5.41, 5.74) is 12.9. The smallest absolute Gasteiger partial charge is 0.160 e. The van der Waals surface area contributed by atoms with E-state index in [9.17, 15) is 0 Å². The van der Waals surface area contributed by atoms with Crippen molar-refractivity contribution in [2.75, 3.05) is 0 Å². The second-order valence-electron chi connectivity index (χ2n) is 14.2. The average molecular weight is 651 g/mol. The van der Waals surface area contributed by atoms with Crippen LogP contribution in [0.1, 0.15) is 25.0 Å². The molecule has 0 saturated carbocycles. The summed E-state index contributed by atoms with van der Waals surface area (Å²) in [6.45, 7) is 4.68. The molecule has 1 heterocycles. The van der Waals surface area contributed by atoms with Crippen LogP contribution in [0.25, 0.3) is 88.5 Å². The Balaban J connectivity index is 1.22. The third-order valence-electron chi connectivity index (χ3n) is 10.9. The summed E-state index contributed by atoms with van der Waals surface area (Å²) < 4.78 is 0. The van der Waals surface area contributed by atoms with E-state index in [1.165, 1.54) is 65.7 Å². The number of benzene rings is 8. The Labute approximate surface area is 297 Å². The van der Waals surface area contributed by atoms with Crippen LogP contribution in [-0.4, -0.2) is 9.97 Å². The standard InChI is InChI=1S/C49H34N2/c1-49(2)43-23-12-11-20-37(43)42-29-34(25-27-44(42)49)33-24-26-39-41(28-33)36-19-10-9-18-35(36)38-21-13-22-40(47(38)39)46-30-45(31-14-5-3-6-15-31)50-48(51-46)32-16-7-4-8-17-32/h3-30H,1-2H3. The predicted octanol–water partition coefficient (Wildman–Crippen LogP) is 12.9. The lowest BCUT2D eigenvalue weighted by Crippen LogP contribution is -2.14. The second-order valence-corrected chi connectivity index (χ2v) is 14.2. The molecule has 0 bridgehead atoms. The van der Waals surface area contributed by atoms with Crippen LogP contribution < -0.4 is 0 Å². The van der Waals surface area contributed by atoms with Gasteiger partial charge in [-0.1, -0.05) is 166 Å². The Kier molecular flexibility index (Phi) is 6.56. The van der Waals surface area contributed by atoms with Crippen molar-refractivity contribution in [3.05, 3.63) is 181 Å². The van der Waals surface area contributed by atoms with Gasteiger partial charge in [-0.25, -0.2) is 9.97 Å². The van der Waals surface area contributed by atoms with Crippen LogP contribution in [0.15, 0.2) is 170 Å². The van der Waals surface area contributed by atoms with E-state index in [-0.39, 0.29) is 5.41 Å². The first-order valence-electron chi connectivity index (χ1n) is 17.7. The Morgan fingerprint density at radius 1 is 0.353 bits per heavy atom. The fourth-order valence-electron chi connectivity index (χ4n) is 8.36. The lowest BCUT2D eigenvalue weighted by atomic mass is 9.82. The molecule has 0 amide bonds. The SMILES string of the molecule is CC1(C)c2ccccc2-c2cc(-c3ccc4c(c3)c3ccccc3c3cccc(-c5cc(-c6ccccc6)nc(-c6ccccc6)n5)c34)ccc21. The minimum Gasteiger partial charge on any atom is -0.228 e. The third-order valence-corrected chi connectivity index (χ3v) is 10.9. The maximum Gasteiger partial charge on any atom is 0.160 e. The van der Waals surface area contributed by atoms with Crippen LogP contribution in [0, 0.1) is 0 Å². The zero-order valence-electron chi connectivity index (χ0n) is 28.6. The highest BCUT2D eigenvalue weighted by Gasteiger charge is 2.35. The molecule has 51 heavy (non-hydrogen) atoms. The van der Waals surface area contributed by atoms with Gasteiger partial charge in [-0.3, -0.25) is 0 Å². The molecule has 1 aromatic heterocycles. The van der Waals surface area contributed by atoms with Crippen molar-refractivity contribution >= 4 is 32.3 Å². The van der Waals surface area contributed by atoms with Gasteiger partial charge in [0.2, 0.25) is 0 Å². The van der Waals surface area contributed by atoms with Crippen molar-refractivity contribution in [2.24, 2.45) is 0 Å². The number of fused-ring (bicyclic) bond motifs is 9. The molecule has 9 aromatic rings. The van der Waals surface area contributed by atoms with Crippen molar-refractivity contribution in [1.82, 2.24) is 9.97 Å². The van der Waals surface area contributed by atoms with E-state index >= 15 is 0 Å². The van der Waals surface area contributed by atoms with Crippen LogP contribution in [0.4, 0.5) is 0 Å². The van der Waals surface area contributed by atoms with Crippen molar-refractivity contribution in [1.29, 1.82) is 0 Å². The maximum atomic E-state index is 5.25. The Bertz CT molecular complexity index is 2760. The Morgan fingerprint density at radius 3 is 1.73 bits per heavy atom. The first kappa shape index (κ1) is 29.5. The zero-order valence-corrected chi connectivity index (χ0v) is 28.6. The quantitative estimate of drug-likeness (QED) is 0.177. The molecule has 0 unspecified atom stereocenters. The number of rotatable bonds is 4. The lowest BCUT2D eigenvalue weighted by Gasteiger charge is -2.21. The monoisotopic (exact) mass is 650 g/mol. The van der Waals surface area contributed by atoms with E-state index in [0.29, 0.717) is 0 Å². The zero-order chi connectivity index (χ0) is 34.1. The van der Waals surface area contributed by atoms with Gasteiger partial charge < -0.3 is 0 Å². The minimum atomic E-state index is -0.0128. The molecule has 0 aliphatic heterocycles. The topological polar surface area (TPSA) is 25.8 Å². The van der Waals surface area contributed by atoms with Crippen molar-refractivity contribution in [3.8, 4) is 56.2 Å². The van der Waals surface area contributed by atoms with Crippen LogP contribution >= 0.6 is 0 Å². The highest BCUT2D eigenvalue weighted by atomic mass is 14.9. The van der Waals surface area contributed by atoms with Gasteiger partial charge in [-0.15, -0.1) is 0 Å². The number of hydrogen-bond donors (Lipinski definition) is 0. The molecule has 0 saturated heterocycles. The molecule has 1 aliphatic carbocycles. The maximum absolute atomic E-state index is 5.25. The number of nitrogens with zero attached hydrogens (tertiary/aromatic N) is 2. The molecule has 2 heteroatoms. The Morgan fingerprint density at radius 2 is 0.922 bits per heavy atom. The minimum absolute atomic E-state index is 0.0128. The van der Waals surface area contributed by atoms with Crippen LogP contribution in [-0.2, 0) is 5.41 Å². The van der Waals surface area contributed by atoms with Crippen molar-refractivity contribution in [3.63, 3.8) is 0 Å². The lowest BCUT2D eigenvalue weighted by molar-refractivity contribution is 0.660. The molecule has 1 aliphatic rings. The van der Waals surface area contributed by atoms with Crippen LogP contribution in [0.5, 0.6) is 0 Å². The molecular formula is C49H34N2. The van der Waals surface area contributed by atoms with Crippen molar-refractivity contribution in [2.45, 2.75) is 19.3 Å². The van der Waals surface area contributed by atoms with E-state index in [0.717, 1.165) is 33.9 Å². The third kappa shape index (κ3) is 4.64. The fraction of sp³-hybridized carbons (Fsp3) is 0.0612. The predicted molar refractivity (Wildman–Crippen MR) is 214 cm³/mol. The number of aromatic nitrogens is 2. The molecular weight excluding hydrogens is 617 g/mol.